The zero-order valence-electron chi connectivity index (χ0n) is 9.01. The van der Waals surface area contributed by atoms with Crippen LogP contribution < -0.4 is 5.32 Å². The van der Waals surface area contributed by atoms with Gasteiger partial charge in [0, 0.05) is 26.8 Å². The summed E-state index contributed by atoms with van der Waals surface area (Å²) in [6.07, 6.45) is 1.58. The molecule has 1 unspecified atom stereocenters. The number of nitrogens with one attached hydrogen (secondary N) is 1. The van der Waals surface area contributed by atoms with Crippen LogP contribution in [0.2, 0.25) is 0 Å². The van der Waals surface area contributed by atoms with Crippen LogP contribution in [-0.2, 0) is 6.54 Å². The lowest BCUT2D eigenvalue weighted by atomic mass is 10.2. The average molecular weight is 287 g/mol. The monoisotopic (exact) mass is 286 g/mol. The number of thiophene rings is 1. The van der Waals surface area contributed by atoms with Crippen molar-refractivity contribution in [2.24, 2.45) is 0 Å². The van der Waals surface area contributed by atoms with E-state index >= 15 is 0 Å². The summed E-state index contributed by atoms with van der Waals surface area (Å²) in [7, 11) is 0. The zero-order chi connectivity index (χ0) is 11.3. The van der Waals surface area contributed by atoms with Gasteiger partial charge in [-0.15, -0.1) is 11.3 Å². The predicted molar refractivity (Wildman–Crippen MR) is 67.9 cm³/mol. The van der Waals surface area contributed by atoms with Gasteiger partial charge < -0.3 is 5.32 Å². The van der Waals surface area contributed by atoms with E-state index in [1.807, 2.05) is 0 Å². The fourth-order valence-electron chi connectivity index (χ4n) is 1.32. The highest BCUT2D eigenvalue weighted by Gasteiger charge is 2.07. The number of halogens is 1. The van der Waals surface area contributed by atoms with E-state index in [1.54, 1.807) is 11.3 Å². The standard InChI is InChI=1S/C11H15BrN2S/c1-3-9(4-5-13)14-7-10-6-11(12)8(2)15-10/h6,9,14H,3-4,7H2,1-2H3. The molecule has 82 valence electrons. The largest absolute Gasteiger partial charge is 0.308 e. The van der Waals surface area contributed by atoms with Crippen LogP contribution in [0.1, 0.15) is 29.5 Å². The minimum atomic E-state index is 0.316. The smallest absolute Gasteiger partial charge is 0.0638 e. The molecule has 15 heavy (non-hydrogen) atoms. The first kappa shape index (κ1) is 12.7. The number of nitriles is 1. The van der Waals surface area contributed by atoms with Crippen molar-refractivity contribution < 1.29 is 0 Å². The van der Waals surface area contributed by atoms with Gasteiger partial charge in [0.05, 0.1) is 12.5 Å². The van der Waals surface area contributed by atoms with Crippen molar-refractivity contribution in [1.82, 2.24) is 5.32 Å². The molecule has 1 aromatic rings. The lowest BCUT2D eigenvalue weighted by Crippen LogP contribution is -2.26. The van der Waals surface area contributed by atoms with Gasteiger partial charge in [-0.2, -0.15) is 5.26 Å². The van der Waals surface area contributed by atoms with Gasteiger partial charge in [0.25, 0.3) is 0 Å². The highest BCUT2D eigenvalue weighted by molar-refractivity contribution is 9.10. The van der Waals surface area contributed by atoms with Crippen molar-refractivity contribution in [3.05, 3.63) is 20.3 Å². The molecule has 4 heteroatoms. The molecule has 0 aromatic carbocycles. The molecule has 0 fully saturated rings. The Bertz CT molecular complexity index is 334. The number of aryl methyl sites for hydroxylation is 1. The van der Waals surface area contributed by atoms with Gasteiger partial charge in [-0.1, -0.05) is 6.92 Å². The van der Waals surface area contributed by atoms with Crippen LogP contribution in [0.4, 0.5) is 0 Å². The summed E-state index contributed by atoms with van der Waals surface area (Å²) in [5.41, 5.74) is 0. The Morgan fingerprint density at radius 2 is 2.40 bits per heavy atom. The molecular formula is C11H15BrN2S. The van der Waals surface area contributed by atoms with Crippen LogP contribution in [-0.4, -0.2) is 6.04 Å². The molecule has 1 atom stereocenters. The van der Waals surface area contributed by atoms with Gasteiger partial charge in [0.2, 0.25) is 0 Å². The second-order valence-electron chi connectivity index (χ2n) is 3.47. The van der Waals surface area contributed by atoms with E-state index in [9.17, 15) is 0 Å². The summed E-state index contributed by atoms with van der Waals surface area (Å²) in [5, 5.41) is 12.0. The SMILES string of the molecule is CCC(CC#N)NCc1cc(Br)c(C)s1. The predicted octanol–water partition coefficient (Wildman–Crippen LogP) is 3.60. The van der Waals surface area contributed by atoms with E-state index in [4.69, 9.17) is 5.26 Å². The molecule has 0 saturated carbocycles. The topological polar surface area (TPSA) is 35.8 Å². The molecule has 0 aliphatic rings. The molecule has 0 bridgehead atoms. The third kappa shape index (κ3) is 3.94. The van der Waals surface area contributed by atoms with Gasteiger partial charge in [0.15, 0.2) is 0 Å². The number of hydrogen-bond donors (Lipinski definition) is 1. The summed E-state index contributed by atoms with van der Waals surface area (Å²) in [5.74, 6) is 0. The molecular weight excluding hydrogens is 272 g/mol. The Labute approximate surface area is 103 Å². The molecule has 0 saturated heterocycles. The Hall–Kier alpha value is -0.370. The lowest BCUT2D eigenvalue weighted by Gasteiger charge is -2.11. The zero-order valence-corrected chi connectivity index (χ0v) is 11.4. The summed E-state index contributed by atoms with van der Waals surface area (Å²) in [6, 6.07) is 4.66. The maximum atomic E-state index is 8.62. The second kappa shape index (κ2) is 6.26. The molecule has 0 aliphatic heterocycles. The lowest BCUT2D eigenvalue weighted by molar-refractivity contribution is 0.507. The van der Waals surface area contributed by atoms with Crippen LogP contribution >= 0.6 is 27.3 Å². The molecule has 0 aliphatic carbocycles. The number of rotatable bonds is 5. The summed E-state index contributed by atoms with van der Waals surface area (Å²) in [4.78, 5) is 2.62. The number of hydrogen-bond acceptors (Lipinski definition) is 3. The summed E-state index contributed by atoms with van der Waals surface area (Å²) >= 11 is 5.29. The van der Waals surface area contributed by atoms with E-state index in [0.29, 0.717) is 12.5 Å². The van der Waals surface area contributed by atoms with Gasteiger partial charge in [-0.25, -0.2) is 0 Å². The highest BCUT2D eigenvalue weighted by atomic mass is 79.9. The van der Waals surface area contributed by atoms with Gasteiger partial charge in [-0.3, -0.25) is 0 Å². The van der Waals surface area contributed by atoms with Crippen molar-refractivity contribution in [2.45, 2.75) is 39.3 Å². The quantitative estimate of drug-likeness (QED) is 0.898. The first-order valence-electron chi connectivity index (χ1n) is 5.02. The Kier molecular flexibility index (Phi) is 5.30. The molecule has 0 amide bonds. The first-order chi connectivity index (χ1) is 7.17. The minimum Gasteiger partial charge on any atom is -0.308 e. The average Bonchev–Trinajstić information content (AvgIpc) is 2.53. The van der Waals surface area contributed by atoms with Crippen LogP contribution in [0.25, 0.3) is 0 Å². The molecule has 1 rings (SSSR count). The third-order valence-electron chi connectivity index (χ3n) is 2.30. The molecule has 1 aromatic heterocycles. The number of nitrogens with zero attached hydrogens (tertiary/aromatic N) is 1. The van der Waals surface area contributed by atoms with E-state index in [1.165, 1.54) is 14.2 Å². The maximum absolute atomic E-state index is 8.62. The normalized spacial score (nSPS) is 12.4. The van der Waals surface area contributed by atoms with E-state index in [0.717, 1.165) is 13.0 Å². The fraction of sp³-hybridized carbons (Fsp3) is 0.545. The van der Waals surface area contributed by atoms with Crippen LogP contribution in [0.15, 0.2) is 10.5 Å². The van der Waals surface area contributed by atoms with Crippen molar-refractivity contribution in [3.8, 4) is 6.07 Å². The van der Waals surface area contributed by atoms with E-state index in [-0.39, 0.29) is 0 Å². The Morgan fingerprint density at radius 1 is 1.67 bits per heavy atom. The van der Waals surface area contributed by atoms with Gasteiger partial charge >= 0.3 is 0 Å². The molecule has 1 heterocycles. The fourth-order valence-corrected chi connectivity index (χ4v) is 2.87. The highest BCUT2D eigenvalue weighted by Crippen LogP contribution is 2.26. The molecule has 0 spiro atoms. The van der Waals surface area contributed by atoms with E-state index < -0.39 is 0 Å². The third-order valence-corrected chi connectivity index (χ3v) is 4.44. The van der Waals surface area contributed by atoms with Crippen molar-refractivity contribution in [3.63, 3.8) is 0 Å². The maximum Gasteiger partial charge on any atom is 0.0638 e. The first-order valence-corrected chi connectivity index (χ1v) is 6.63. The van der Waals surface area contributed by atoms with Crippen molar-refractivity contribution in [1.29, 1.82) is 5.26 Å². The minimum absolute atomic E-state index is 0.316. The van der Waals surface area contributed by atoms with Crippen molar-refractivity contribution in [2.75, 3.05) is 0 Å². The van der Waals surface area contributed by atoms with Crippen LogP contribution in [0.3, 0.4) is 0 Å². The van der Waals surface area contributed by atoms with Crippen LogP contribution in [0.5, 0.6) is 0 Å². The Morgan fingerprint density at radius 3 is 2.87 bits per heavy atom. The molecule has 1 N–H and O–H groups in total. The molecule has 2 nitrogen and oxygen atoms in total. The van der Waals surface area contributed by atoms with Crippen molar-refractivity contribution >= 4 is 27.3 Å². The Balaban J connectivity index is 2.46. The second-order valence-corrected chi connectivity index (χ2v) is 5.66. The van der Waals surface area contributed by atoms with E-state index in [2.05, 4.69) is 47.2 Å². The summed E-state index contributed by atoms with van der Waals surface area (Å²) in [6.45, 7) is 5.06. The summed E-state index contributed by atoms with van der Waals surface area (Å²) < 4.78 is 1.18. The van der Waals surface area contributed by atoms with Gasteiger partial charge in [-0.05, 0) is 35.3 Å². The van der Waals surface area contributed by atoms with Gasteiger partial charge in [0.1, 0.15) is 0 Å². The van der Waals surface area contributed by atoms with Crippen LogP contribution in [0, 0.1) is 18.3 Å². The molecule has 0 radical (unpaired) electrons.